The molecule has 2 atom stereocenters. The summed E-state index contributed by atoms with van der Waals surface area (Å²) in [5, 5.41) is 11.8. The Bertz CT molecular complexity index is 157. The van der Waals surface area contributed by atoms with Crippen LogP contribution in [0.5, 0.6) is 0 Å². The molecule has 3 nitrogen and oxygen atoms in total. The number of carbonyl (C=O) groups is 1. The van der Waals surface area contributed by atoms with Crippen LogP contribution in [-0.2, 0) is 4.79 Å². The number of rotatable bonds is 7. The lowest BCUT2D eigenvalue weighted by Gasteiger charge is -2.15. The van der Waals surface area contributed by atoms with E-state index in [0.29, 0.717) is 6.54 Å². The molecule has 0 aromatic heterocycles. The average Bonchev–Trinajstić information content (AvgIpc) is 2.16. The molecule has 0 spiro atoms. The maximum atomic E-state index is 11.6. The highest BCUT2D eigenvalue weighted by molar-refractivity contribution is 5.78. The molecule has 0 fully saturated rings. The quantitative estimate of drug-likeness (QED) is 0.658. The zero-order valence-corrected chi connectivity index (χ0v) is 9.55. The molecule has 0 saturated heterocycles. The number of unbranched alkanes of at least 4 members (excludes halogenated alkanes) is 1. The Hall–Kier alpha value is -0.570. The maximum absolute atomic E-state index is 11.6. The highest BCUT2D eigenvalue weighted by atomic mass is 16.3. The van der Waals surface area contributed by atoms with Gasteiger partial charge in [-0.25, -0.2) is 0 Å². The molecule has 0 aliphatic rings. The first kappa shape index (κ1) is 13.4. The van der Waals surface area contributed by atoms with Crippen LogP contribution in [0.2, 0.25) is 0 Å². The largest absolute Gasteiger partial charge is 0.392 e. The molecule has 0 aromatic rings. The predicted molar refractivity (Wildman–Crippen MR) is 58.0 cm³/mol. The Morgan fingerprint density at radius 3 is 2.50 bits per heavy atom. The molecule has 0 rings (SSSR count). The molecule has 0 radical (unpaired) electrons. The highest BCUT2D eigenvalue weighted by Crippen LogP contribution is 2.12. The SMILES string of the molecule is CCCC[C@H](CC)C(=O)NC[C@H](C)O. The average molecular weight is 201 g/mol. The Labute approximate surface area is 86.9 Å². The van der Waals surface area contributed by atoms with Gasteiger partial charge in [0.25, 0.3) is 0 Å². The minimum atomic E-state index is -0.456. The van der Waals surface area contributed by atoms with Crippen molar-refractivity contribution in [2.24, 2.45) is 5.92 Å². The van der Waals surface area contributed by atoms with Gasteiger partial charge in [-0.2, -0.15) is 0 Å². The minimum absolute atomic E-state index is 0.0850. The van der Waals surface area contributed by atoms with Crippen LogP contribution >= 0.6 is 0 Å². The van der Waals surface area contributed by atoms with Gasteiger partial charge in [0.05, 0.1) is 6.10 Å². The van der Waals surface area contributed by atoms with Crippen molar-refractivity contribution in [1.82, 2.24) is 5.32 Å². The van der Waals surface area contributed by atoms with Crippen molar-refractivity contribution >= 4 is 5.91 Å². The van der Waals surface area contributed by atoms with Gasteiger partial charge < -0.3 is 10.4 Å². The number of amides is 1. The molecule has 2 N–H and O–H groups in total. The van der Waals surface area contributed by atoms with E-state index in [1.807, 2.05) is 6.92 Å². The maximum Gasteiger partial charge on any atom is 0.223 e. The third-order valence-electron chi connectivity index (χ3n) is 2.34. The molecule has 0 heterocycles. The van der Waals surface area contributed by atoms with Crippen LogP contribution in [0.25, 0.3) is 0 Å². The molecular weight excluding hydrogens is 178 g/mol. The number of aliphatic hydroxyl groups excluding tert-OH is 1. The molecular formula is C11H23NO2. The van der Waals surface area contributed by atoms with Gasteiger partial charge in [-0.05, 0) is 19.8 Å². The van der Waals surface area contributed by atoms with E-state index in [0.717, 1.165) is 25.7 Å². The van der Waals surface area contributed by atoms with Crippen molar-refractivity contribution in [1.29, 1.82) is 0 Å². The molecule has 0 saturated carbocycles. The van der Waals surface area contributed by atoms with Crippen molar-refractivity contribution < 1.29 is 9.90 Å². The Morgan fingerprint density at radius 2 is 2.07 bits per heavy atom. The van der Waals surface area contributed by atoms with Crippen LogP contribution in [0.15, 0.2) is 0 Å². The Morgan fingerprint density at radius 1 is 1.43 bits per heavy atom. The lowest BCUT2D eigenvalue weighted by molar-refractivity contribution is -0.125. The monoisotopic (exact) mass is 201 g/mol. The molecule has 0 aliphatic carbocycles. The van der Waals surface area contributed by atoms with Gasteiger partial charge >= 0.3 is 0 Å². The van der Waals surface area contributed by atoms with Crippen LogP contribution in [0, 0.1) is 5.92 Å². The van der Waals surface area contributed by atoms with E-state index in [2.05, 4.69) is 12.2 Å². The fourth-order valence-corrected chi connectivity index (χ4v) is 1.36. The summed E-state index contributed by atoms with van der Waals surface area (Å²) in [7, 11) is 0. The summed E-state index contributed by atoms with van der Waals surface area (Å²) in [6.45, 7) is 6.19. The number of carbonyl (C=O) groups excluding carboxylic acids is 1. The lowest BCUT2D eigenvalue weighted by Crippen LogP contribution is -2.35. The lowest BCUT2D eigenvalue weighted by atomic mass is 9.98. The standard InChI is InChI=1S/C11H23NO2/c1-4-6-7-10(5-2)11(14)12-8-9(3)13/h9-10,13H,4-8H2,1-3H3,(H,12,14)/t9-,10-/m0/s1. The summed E-state index contributed by atoms with van der Waals surface area (Å²) in [5.41, 5.74) is 0. The van der Waals surface area contributed by atoms with Crippen LogP contribution in [-0.4, -0.2) is 23.7 Å². The zero-order chi connectivity index (χ0) is 11.0. The minimum Gasteiger partial charge on any atom is -0.392 e. The third kappa shape index (κ3) is 5.97. The summed E-state index contributed by atoms with van der Waals surface area (Å²) < 4.78 is 0. The Kier molecular flexibility index (Phi) is 7.48. The number of aliphatic hydroxyl groups is 1. The van der Waals surface area contributed by atoms with Gasteiger partial charge in [0.15, 0.2) is 0 Å². The Balaban J connectivity index is 3.79. The predicted octanol–water partition coefficient (Wildman–Crippen LogP) is 1.70. The summed E-state index contributed by atoms with van der Waals surface area (Å²) in [4.78, 5) is 11.6. The van der Waals surface area contributed by atoms with E-state index in [9.17, 15) is 4.79 Å². The van der Waals surface area contributed by atoms with Crippen LogP contribution in [0.1, 0.15) is 46.5 Å². The number of hydrogen-bond acceptors (Lipinski definition) is 2. The topological polar surface area (TPSA) is 49.3 Å². The second-order valence-corrected chi connectivity index (χ2v) is 3.84. The van der Waals surface area contributed by atoms with Crippen LogP contribution < -0.4 is 5.32 Å². The van der Waals surface area contributed by atoms with Crippen molar-refractivity contribution in [2.45, 2.75) is 52.6 Å². The van der Waals surface area contributed by atoms with E-state index in [4.69, 9.17) is 5.11 Å². The van der Waals surface area contributed by atoms with Crippen LogP contribution in [0.4, 0.5) is 0 Å². The summed E-state index contributed by atoms with van der Waals surface area (Å²) in [6.07, 6.45) is 3.60. The van der Waals surface area contributed by atoms with Gasteiger partial charge in [-0.1, -0.05) is 26.7 Å². The van der Waals surface area contributed by atoms with Gasteiger partial charge in [0.2, 0.25) is 5.91 Å². The summed E-state index contributed by atoms with van der Waals surface area (Å²) >= 11 is 0. The molecule has 3 heteroatoms. The first-order chi connectivity index (χ1) is 6.61. The second-order valence-electron chi connectivity index (χ2n) is 3.84. The molecule has 0 aromatic carbocycles. The van der Waals surface area contributed by atoms with E-state index >= 15 is 0 Å². The molecule has 1 amide bonds. The smallest absolute Gasteiger partial charge is 0.223 e. The third-order valence-corrected chi connectivity index (χ3v) is 2.34. The summed E-state index contributed by atoms with van der Waals surface area (Å²) in [6, 6.07) is 0. The molecule has 0 bridgehead atoms. The fraction of sp³-hybridized carbons (Fsp3) is 0.909. The van der Waals surface area contributed by atoms with Gasteiger partial charge in [-0.3, -0.25) is 4.79 Å². The normalized spacial score (nSPS) is 14.9. The van der Waals surface area contributed by atoms with Gasteiger partial charge in [0, 0.05) is 12.5 Å². The van der Waals surface area contributed by atoms with Crippen molar-refractivity contribution in [3.8, 4) is 0 Å². The van der Waals surface area contributed by atoms with Crippen molar-refractivity contribution in [3.05, 3.63) is 0 Å². The summed E-state index contributed by atoms with van der Waals surface area (Å²) in [5.74, 6) is 0.204. The van der Waals surface area contributed by atoms with Crippen molar-refractivity contribution in [3.63, 3.8) is 0 Å². The first-order valence-corrected chi connectivity index (χ1v) is 5.57. The van der Waals surface area contributed by atoms with Gasteiger partial charge in [0.1, 0.15) is 0 Å². The molecule has 0 unspecified atom stereocenters. The van der Waals surface area contributed by atoms with Crippen LogP contribution in [0.3, 0.4) is 0 Å². The fourth-order valence-electron chi connectivity index (χ4n) is 1.36. The number of hydrogen-bond donors (Lipinski definition) is 2. The van der Waals surface area contributed by atoms with Crippen molar-refractivity contribution in [2.75, 3.05) is 6.54 Å². The van der Waals surface area contributed by atoms with E-state index in [-0.39, 0.29) is 11.8 Å². The molecule has 84 valence electrons. The highest BCUT2D eigenvalue weighted by Gasteiger charge is 2.15. The second kappa shape index (κ2) is 7.80. The molecule has 0 aliphatic heterocycles. The number of nitrogens with one attached hydrogen (secondary N) is 1. The van der Waals surface area contributed by atoms with E-state index in [1.165, 1.54) is 0 Å². The first-order valence-electron chi connectivity index (χ1n) is 5.57. The van der Waals surface area contributed by atoms with E-state index < -0.39 is 6.10 Å². The zero-order valence-electron chi connectivity index (χ0n) is 9.55. The van der Waals surface area contributed by atoms with Gasteiger partial charge in [-0.15, -0.1) is 0 Å². The molecule has 14 heavy (non-hydrogen) atoms. The van der Waals surface area contributed by atoms with E-state index in [1.54, 1.807) is 6.92 Å².